The minimum absolute atomic E-state index is 0.490. The van der Waals surface area contributed by atoms with Crippen molar-refractivity contribution in [2.24, 2.45) is 0 Å². The standard InChI is InChI=1S/C13H15BrN2O/c1-3-16-8-10(2)15-13(16)9-17-12-7-5-4-6-11(12)14/h4-8H,3,9H2,1-2H3. The lowest BCUT2D eigenvalue weighted by Gasteiger charge is -2.08. The number of imidazole rings is 1. The first-order valence-corrected chi connectivity index (χ1v) is 6.40. The molecule has 4 heteroatoms. The molecule has 3 nitrogen and oxygen atoms in total. The van der Waals surface area contributed by atoms with Crippen molar-refractivity contribution in [3.8, 4) is 5.75 Å². The summed E-state index contributed by atoms with van der Waals surface area (Å²) in [6, 6.07) is 7.83. The molecule has 0 spiro atoms. The summed E-state index contributed by atoms with van der Waals surface area (Å²) in [5.74, 6) is 1.80. The highest BCUT2D eigenvalue weighted by Crippen LogP contribution is 2.24. The molecule has 0 fully saturated rings. The molecule has 0 N–H and O–H groups in total. The normalized spacial score (nSPS) is 10.5. The molecule has 0 amide bonds. The molecule has 2 rings (SSSR count). The number of halogens is 1. The zero-order valence-corrected chi connectivity index (χ0v) is 11.6. The number of nitrogens with zero attached hydrogens (tertiary/aromatic N) is 2. The molecule has 1 aromatic carbocycles. The minimum atomic E-state index is 0.490. The molecule has 0 radical (unpaired) electrons. The molecule has 0 aliphatic carbocycles. The van der Waals surface area contributed by atoms with E-state index in [1.165, 1.54) is 0 Å². The maximum atomic E-state index is 5.75. The first-order chi connectivity index (χ1) is 8.20. The molecule has 2 aromatic rings. The van der Waals surface area contributed by atoms with E-state index in [4.69, 9.17) is 4.74 Å². The van der Waals surface area contributed by atoms with Gasteiger partial charge in [0.2, 0.25) is 0 Å². The first kappa shape index (κ1) is 12.2. The van der Waals surface area contributed by atoms with Gasteiger partial charge in [-0.2, -0.15) is 0 Å². The average molecular weight is 295 g/mol. The van der Waals surface area contributed by atoms with Gasteiger partial charge in [-0.25, -0.2) is 4.98 Å². The van der Waals surface area contributed by atoms with Crippen molar-refractivity contribution in [2.75, 3.05) is 0 Å². The van der Waals surface area contributed by atoms with E-state index < -0.39 is 0 Å². The number of hydrogen-bond donors (Lipinski definition) is 0. The molecule has 90 valence electrons. The second-order valence-electron chi connectivity index (χ2n) is 3.80. The van der Waals surface area contributed by atoms with E-state index in [0.29, 0.717) is 6.61 Å². The summed E-state index contributed by atoms with van der Waals surface area (Å²) in [5, 5.41) is 0. The second-order valence-corrected chi connectivity index (χ2v) is 4.66. The van der Waals surface area contributed by atoms with Gasteiger partial charge in [-0.1, -0.05) is 12.1 Å². The van der Waals surface area contributed by atoms with Crippen LogP contribution in [0.3, 0.4) is 0 Å². The van der Waals surface area contributed by atoms with Crippen molar-refractivity contribution < 1.29 is 4.74 Å². The fourth-order valence-corrected chi connectivity index (χ4v) is 2.09. The Morgan fingerprint density at radius 3 is 2.82 bits per heavy atom. The second kappa shape index (κ2) is 5.36. The Bertz CT molecular complexity index is 508. The summed E-state index contributed by atoms with van der Waals surface area (Å²) in [7, 11) is 0. The van der Waals surface area contributed by atoms with Crippen LogP contribution in [0, 0.1) is 6.92 Å². The summed E-state index contributed by atoms with van der Waals surface area (Å²) < 4.78 is 8.82. The quantitative estimate of drug-likeness (QED) is 0.862. The predicted octanol–water partition coefficient (Wildman–Crippen LogP) is 3.55. The molecule has 0 aliphatic heterocycles. The number of aromatic nitrogens is 2. The van der Waals surface area contributed by atoms with Crippen molar-refractivity contribution in [1.82, 2.24) is 9.55 Å². The molecule has 0 saturated heterocycles. The molecule has 0 bridgehead atoms. The van der Waals surface area contributed by atoms with Crippen molar-refractivity contribution in [3.63, 3.8) is 0 Å². The molecule has 0 aliphatic rings. The monoisotopic (exact) mass is 294 g/mol. The average Bonchev–Trinajstić information content (AvgIpc) is 2.69. The first-order valence-electron chi connectivity index (χ1n) is 5.60. The molecule has 1 heterocycles. The minimum Gasteiger partial charge on any atom is -0.485 e. The summed E-state index contributed by atoms with van der Waals surface area (Å²) in [4.78, 5) is 4.45. The third kappa shape index (κ3) is 2.88. The predicted molar refractivity (Wildman–Crippen MR) is 71.1 cm³/mol. The molecule has 0 atom stereocenters. The van der Waals surface area contributed by atoms with E-state index in [1.54, 1.807) is 0 Å². The zero-order valence-electron chi connectivity index (χ0n) is 9.98. The van der Waals surface area contributed by atoms with Crippen LogP contribution < -0.4 is 4.74 Å². The Morgan fingerprint density at radius 1 is 1.35 bits per heavy atom. The molecule has 17 heavy (non-hydrogen) atoms. The van der Waals surface area contributed by atoms with E-state index in [0.717, 1.165) is 28.3 Å². The van der Waals surface area contributed by atoms with Crippen LogP contribution in [-0.4, -0.2) is 9.55 Å². The molecule has 0 saturated carbocycles. The summed E-state index contributed by atoms with van der Waals surface area (Å²) in [6.45, 7) is 5.50. The van der Waals surface area contributed by atoms with Gasteiger partial charge in [-0.3, -0.25) is 0 Å². The van der Waals surface area contributed by atoms with Crippen molar-refractivity contribution in [2.45, 2.75) is 27.0 Å². The van der Waals surface area contributed by atoms with Gasteiger partial charge in [0, 0.05) is 12.7 Å². The Labute approximate surface area is 110 Å². The van der Waals surface area contributed by atoms with Crippen LogP contribution in [0.5, 0.6) is 5.75 Å². The van der Waals surface area contributed by atoms with Gasteiger partial charge in [-0.15, -0.1) is 0 Å². The Kier molecular flexibility index (Phi) is 3.84. The van der Waals surface area contributed by atoms with E-state index in [1.807, 2.05) is 37.4 Å². The highest BCUT2D eigenvalue weighted by molar-refractivity contribution is 9.10. The Morgan fingerprint density at radius 2 is 2.12 bits per heavy atom. The highest BCUT2D eigenvalue weighted by atomic mass is 79.9. The number of hydrogen-bond acceptors (Lipinski definition) is 2. The van der Waals surface area contributed by atoms with Crippen LogP contribution in [-0.2, 0) is 13.2 Å². The number of aryl methyl sites for hydroxylation is 2. The van der Waals surface area contributed by atoms with Gasteiger partial charge < -0.3 is 9.30 Å². The van der Waals surface area contributed by atoms with Crippen LogP contribution in [0.1, 0.15) is 18.4 Å². The maximum absolute atomic E-state index is 5.75. The molecular weight excluding hydrogens is 280 g/mol. The number of ether oxygens (including phenoxy) is 1. The topological polar surface area (TPSA) is 27.1 Å². The van der Waals surface area contributed by atoms with E-state index in [9.17, 15) is 0 Å². The van der Waals surface area contributed by atoms with Gasteiger partial charge in [0.05, 0.1) is 10.2 Å². The third-order valence-corrected chi connectivity index (χ3v) is 3.17. The summed E-state index contributed by atoms with van der Waals surface area (Å²) in [5.41, 5.74) is 1.03. The zero-order chi connectivity index (χ0) is 12.3. The fraction of sp³-hybridized carbons (Fsp3) is 0.308. The fourth-order valence-electron chi connectivity index (χ4n) is 1.69. The Hall–Kier alpha value is -1.29. The molecule has 1 aromatic heterocycles. The van der Waals surface area contributed by atoms with Crippen molar-refractivity contribution in [3.05, 3.63) is 46.5 Å². The van der Waals surface area contributed by atoms with E-state index in [-0.39, 0.29) is 0 Å². The van der Waals surface area contributed by atoms with Crippen molar-refractivity contribution in [1.29, 1.82) is 0 Å². The number of para-hydroxylation sites is 1. The van der Waals surface area contributed by atoms with Gasteiger partial charge in [-0.05, 0) is 41.9 Å². The van der Waals surface area contributed by atoms with Crippen LogP contribution >= 0.6 is 15.9 Å². The van der Waals surface area contributed by atoms with Gasteiger partial charge in [0.25, 0.3) is 0 Å². The van der Waals surface area contributed by atoms with E-state index in [2.05, 4.69) is 32.4 Å². The lowest BCUT2D eigenvalue weighted by molar-refractivity contribution is 0.288. The number of benzene rings is 1. The van der Waals surface area contributed by atoms with Gasteiger partial charge in [0.1, 0.15) is 18.2 Å². The smallest absolute Gasteiger partial charge is 0.147 e. The third-order valence-electron chi connectivity index (χ3n) is 2.51. The molecule has 0 unspecified atom stereocenters. The lowest BCUT2D eigenvalue weighted by atomic mass is 10.3. The molecular formula is C13H15BrN2O. The Balaban J connectivity index is 2.09. The van der Waals surface area contributed by atoms with E-state index >= 15 is 0 Å². The van der Waals surface area contributed by atoms with Crippen LogP contribution in [0.25, 0.3) is 0 Å². The summed E-state index contributed by atoms with van der Waals surface area (Å²) in [6.07, 6.45) is 2.04. The summed E-state index contributed by atoms with van der Waals surface area (Å²) >= 11 is 3.46. The highest BCUT2D eigenvalue weighted by Gasteiger charge is 2.06. The van der Waals surface area contributed by atoms with Crippen LogP contribution in [0.15, 0.2) is 34.9 Å². The largest absolute Gasteiger partial charge is 0.485 e. The van der Waals surface area contributed by atoms with Gasteiger partial charge >= 0.3 is 0 Å². The van der Waals surface area contributed by atoms with Crippen molar-refractivity contribution >= 4 is 15.9 Å². The number of rotatable bonds is 4. The lowest BCUT2D eigenvalue weighted by Crippen LogP contribution is -2.05. The maximum Gasteiger partial charge on any atom is 0.147 e. The SMILES string of the molecule is CCn1cc(C)nc1COc1ccccc1Br. The van der Waals surface area contributed by atoms with Gasteiger partial charge in [0.15, 0.2) is 0 Å². The van der Waals surface area contributed by atoms with Crippen LogP contribution in [0.4, 0.5) is 0 Å². The van der Waals surface area contributed by atoms with Crippen LogP contribution in [0.2, 0.25) is 0 Å².